The van der Waals surface area contributed by atoms with E-state index in [4.69, 9.17) is 0 Å². The molecule has 128 valence electrons. The highest BCUT2D eigenvalue weighted by atomic mass is 16.3. The highest BCUT2D eigenvalue weighted by Crippen LogP contribution is 2.41. The lowest BCUT2D eigenvalue weighted by Gasteiger charge is -2.31. The second-order valence-electron chi connectivity index (χ2n) is 7.12. The molecular formula is C18H23N3O3. The molecule has 0 unspecified atom stereocenters. The van der Waals surface area contributed by atoms with Gasteiger partial charge in [0.25, 0.3) is 0 Å². The third kappa shape index (κ3) is 2.32. The molecule has 0 aromatic heterocycles. The molecule has 1 aromatic rings. The fourth-order valence-electron chi connectivity index (χ4n) is 4.47. The number of phenolic OH excluding ortho intramolecular Hbond substituents is 1. The molecule has 3 atom stereocenters. The van der Waals surface area contributed by atoms with Crippen molar-refractivity contribution in [3.05, 3.63) is 29.8 Å². The first-order valence-electron chi connectivity index (χ1n) is 8.73. The molecule has 1 saturated carbocycles. The molecule has 0 spiro atoms. The molecule has 2 amide bonds. The fourth-order valence-corrected chi connectivity index (χ4v) is 4.47. The lowest BCUT2D eigenvalue weighted by molar-refractivity contribution is -0.144. The number of likely N-dealkylation sites (tertiary alicyclic amines) is 1. The summed E-state index contributed by atoms with van der Waals surface area (Å²) >= 11 is 0. The van der Waals surface area contributed by atoms with E-state index in [0.29, 0.717) is 0 Å². The van der Waals surface area contributed by atoms with Gasteiger partial charge in [-0.05, 0) is 30.5 Å². The Hall–Kier alpha value is -1.92. The van der Waals surface area contributed by atoms with Crippen LogP contribution in [0.3, 0.4) is 0 Å². The summed E-state index contributed by atoms with van der Waals surface area (Å²) in [6, 6.07) is 6.26. The Morgan fingerprint density at radius 2 is 1.71 bits per heavy atom. The van der Waals surface area contributed by atoms with Crippen molar-refractivity contribution in [1.29, 1.82) is 0 Å². The standard InChI is InChI=1S/C18H23N3O3/c1-20-16-14(15(19-20)11-7-9-13(22)10-8-11)17(23)21(18(16)24)12-5-3-2-4-6-12/h7-10,12,14-16,19,22H,2-6H2,1H3/t14-,15-,16+/m0/s1. The second kappa shape index (κ2) is 5.86. The van der Waals surface area contributed by atoms with Gasteiger partial charge >= 0.3 is 0 Å². The number of nitrogens with zero attached hydrogens (tertiary/aromatic N) is 2. The molecule has 4 rings (SSSR count). The van der Waals surface area contributed by atoms with Crippen LogP contribution >= 0.6 is 0 Å². The zero-order valence-corrected chi connectivity index (χ0v) is 13.8. The topological polar surface area (TPSA) is 72.9 Å². The first-order chi connectivity index (χ1) is 11.6. The van der Waals surface area contributed by atoms with E-state index in [-0.39, 0.29) is 29.6 Å². The SMILES string of the molecule is CN1N[C@@H](c2ccc(O)cc2)[C@@H]2C(=O)N(C3CCCCC3)C(=O)[C@@H]21. The fraction of sp³-hybridized carbons (Fsp3) is 0.556. The minimum absolute atomic E-state index is 0.0492. The van der Waals surface area contributed by atoms with Crippen LogP contribution in [0.5, 0.6) is 5.75 Å². The number of amides is 2. The van der Waals surface area contributed by atoms with E-state index >= 15 is 0 Å². The Morgan fingerprint density at radius 3 is 2.38 bits per heavy atom. The van der Waals surface area contributed by atoms with Gasteiger partial charge in [0.15, 0.2) is 0 Å². The summed E-state index contributed by atoms with van der Waals surface area (Å²) in [4.78, 5) is 27.6. The summed E-state index contributed by atoms with van der Waals surface area (Å²) in [7, 11) is 1.83. The third-order valence-corrected chi connectivity index (χ3v) is 5.66. The van der Waals surface area contributed by atoms with Gasteiger partial charge in [-0.3, -0.25) is 14.5 Å². The summed E-state index contributed by atoms with van der Waals surface area (Å²) in [5.74, 6) is -0.312. The molecule has 2 N–H and O–H groups in total. The maximum atomic E-state index is 13.1. The highest BCUT2D eigenvalue weighted by Gasteiger charge is 2.58. The van der Waals surface area contributed by atoms with Crippen LogP contribution < -0.4 is 5.43 Å². The highest BCUT2D eigenvalue weighted by molar-refractivity contribution is 6.08. The Labute approximate surface area is 141 Å². The van der Waals surface area contributed by atoms with E-state index < -0.39 is 12.0 Å². The normalized spacial score (nSPS) is 31.7. The van der Waals surface area contributed by atoms with Crippen molar-refractivity contribution < 1.29 is 14.7 Å². The average Bonchev–Trinajstić information content (AvgIpc) is 3.06. The van der Waals surface area contributed by atoms with Crippen molar-refractivity contribution in [1.82, 2.24) is 15.3 Å². The first kappa shape index (κ1) is 15.6. The maximum Gasteiger partial charge on any atom is 0.249 e. The van der Waals surface area contributed by atoms with Gasteiger partial charge in [0, 0.05) is 13.1 Å². The number of benzene rings is 1. The molecule has 2 saturated heterocycles. The molecule has 24 heavy (non-hydrogen) atoms. The van der Waals surface area contributed by atoms with E-state index in [0.717, 1.165) is 31.2 Å². The molecule has 2 heterocycles. The predicted molar refractivity (Wildman–Crippen MR) is 87.8 cm³/mol. The molecule has 1 aromatic carbocycles. The minimum atomic E-state index is -0.432. The first-order valence-corrected chi connectivity index (χ1v) is 8.73. The summed E-state index contributed by atoms with van der Waals surface area (Å²) < 4.78 is 0. The van der Waals surface area contributed by atoms with Crippen molar-refractivity contribution in [2.45, 2.75) is 50.2 Å². The molecule has 0 radical (unpaired) electrons. The number of carbonyl (C=O) groups is 2. The van der Waals surface area contributed by atoms with E-state index in [1.165, 1.54) is 6.42 Å². The summed E-state index contributed by atoms with van der Waals surface area (Å²) in [6.45, 7) is 0. The van der Waals surface area contributed by atoms with Crippen molar-refractivity contribution in [3.63, 3.8) is 0 Å². The van der Waals surface area contributed by atoms with Crippen molar-refractivity contribution in [2.24, 2.45) is 5.92 Å². The molecule has 0 bridgehead atoms. The van der Waals surface area contributed by atoms with Gasteiger partial charge in [-0.2, -0.15) is 0 Å². The molecule has 3 aliphatic rings. The molecular weight excluding hydrogens is 306 g/mol. The lowest BCUT2D eigenvalue weighted by atomic mass is 9.90. The second-order valence-corrected chi connectivity index (χ2v) is 7.12. The number of aromatic hydroxyl groups is 1. The third-order valence-electron chi connectivity index (χ3n) is 5.66. The average molecular weight is 329 g/mol. The number of phenols is 1. The number of hydrogen-bond acceptors (Lipinski definition) is 5. The minimum Gasteiger partial charge on any atom is -0.508 e. The smallest absolute Gasteiger partial charge is 0.249 e. The van der Waals surface area contributed by atoms with E-state index in [9.17, 15) is 14.7 Å². The number of carbonyl (C=O) groups excluding carboxylic acids is 2. The van der Waals surface area contributed by atoms with Crippen LogP contribution in [-0.2, 0) is 9.59 Å². The van der Waals surface area contributed by atoms with Gasteiger partial charge in [0.1, 0.15) is 11.8 Å². The van der Waals surface area contributed by atoms with Crippen LogP contribution in [0.25, 0.3) is 0 Å². The number of hydrazine groups is 1. The summed E-state index contributed by atoms with van der Waals surface area (Å²) in [5.41, 5.74) is 4.17. The quantitative estimate of drug-likeness (QED) is 0.806. The zero-order valence-electron chi connectivity index (χ0n) is 13.8. The Morgan fingerprint density at radius 1 is 1.04 bits per heavy atom. The Bertz CT molecular complexity index is 654. The molecule has 2 aliphatic heterocycles. The van der Waals surface area contributed by atoms with Crippen LogP contribution in [-0.4, -0.2) is 46.0 Å². The van der Waals surface area contributed by atoms with Gasteiger partial charge in [-0.15, -0.1) is 0 Å². The van der Waals surface area contributed by atoms with Crippen LogP contribution in [0.4, 0.5) is 0 Å². The van der Waals surface area contributed by atoms with Gasteiger partial charge in [-0.25, -0.2) is 10.4 Å². The zero-order chi connectivity index (χ0) is 16.8. The van der Waals surface area contributed by atoms with E-state index in [1.54, 1.807) is 22.0 Å². The van der Waals surface area contributed by atoms with Crippen molar-refractivity contribution >= 4 is 11.8 Å². The van der Waals surface area contributed by atoms with Crippen molar-refractivity contribution in [2.75, 3.05) is 7.05 Å². The van der Waals surface area contributed by atoms with Gasteiger partial charge in [0.05, 0.1) is 12.0 Å². The summed E-state index contributed by atoms with van der Waals surface area (Å²) in [6.07, 6.45) is 5.23. The number of likely N-dealkylation sites (N-methyl/N-ethyl adjacent to an activating group) is 1. The van der Waals surface area contributed by atoms with Crippen LogP contribution in [0.15, 0.2) is 24.3 Å². The van der Waals surface area contributed by atoms with E-state index in [2.05, 4.69) is 5.43 Å². The molecule has 3 fully saturated rings. The maximum absolute atomic E-state index is 13.1. The van der Waals surface area contributed by atoms with Crippen LogP contribution in [0.1, 0.15) is 43.7 Å². The van der Waals surface area contributed by atoms with Crippen LogP contribution in [0, 0.1) is 5.92 Å². The number of nitrogens with one attached hydrogen (secondary N) is 1. The number of hydrogen-bond donors (Lipinski definition) is 2. The summed E-state index contributed by atoms with van der Waals surface area (Å²) in [5, 5.41) is 11.3. The number of fused-ring (bicyclic) bond motifs is 1. The molecule has 1 aliphatic carbocycles. The monoisotopic (exact) mass is 329 g/mol. The predicted octanol–water partition coefficient (Wildman–Crippen LogP) is 1.57. The Balaban J connectivity index is 1.64. The lowest BCUT2D eigenvalue weighted by Crippen LogP contribution is -2.47. The number of rotatable bonds is 2. The van der Waals surface area contributed by atoms with Gasteiger partial charge < -0.3 is 5.11 Å². The van der Waals surface area contributed by atoms with Gasteiger partial charge in [0.2, 0.25) is 11.8 Å². The number of imide groups is 1. The molecule has 6 nitrogen and oxygen atoms in total. The van der Waals surface area contributed by atoms with E-state index in [1.807, 2.05) is 19.2 Å². The van der Waals surface area contributed by atoms with Crippen molar-refractivity contribution in [3.8, 4) is 5.75 Å². The van der Waals surface area contributed by atoms with Gasteiger partial charge in [-0.1, -0.05) is 31.4 Å². The largest absolute Gasteiger partial charge is 0.508 e. The molecule has 6 heteroatoms. The van der Waals surface area contributed by atoms with Crippen LogP contribution in [0.2, 0.25) is 0 Å². The Kier molecular flexibility index (Phi) is 3.81.